The number of unbranched alkanes of at least 4 members (excludes halogenated alkanes) is 1. The Morgan fingerprint density at radius 1 is 1.33 bits per heavy atom. The molecule has 0 aromatic rings. The summed E-state index contributed by atoms with van der Waals surface area (Å²) in [7, 11) is 0. The summed E-state index contributed by atoms with van der Waals surface area (Å²) in [4.78, 5) is 2.38. The lowest BCUT2D eigenvalue weighted by atomic mass is 9.98. The van der Waals surface area contributed by atoms with Crippen LogP contribution in [0.1, 0.15) is 52.9 Å². The van der Waals surface area contributed by atoms with E-state index in [2.05, 4.69) is 31.0 Å². The maximum Gasteiger partial charge on any atom is 0.169 e. The van der Waals surface area contributed by atoms with Gasteiger partial charge in [-0.1, -0.05) is 13.3 Å². The Morgan fingerprint density at radius 2 is 1.93 bits per heavy atom. The van der Waals surface area contributed by atoms with E-state index in [9.17, 15) is 0 Å². The zero-order chi connectivity index (χ0) is 11.3. The van der Waals surface area contributed by atoms with Crippen molar-refractivity contribution >= 4 is 17.3 Å². The zero-order valence-corrected chi connectivity index (χ0v) is 11.1. The van der Waals surface area contributed by atoms with Crippen molar-refractivity contribution in [2.45, 2.75) is 65.0 Å². The Labute approximate surface area is 99.4 Å². The van der Waals surface area contributed by atoms with Gasteiger partial charge < -0.3 is 10.2 Å². The summed E-state index contributed by atoms with van der Waals surface area (Å²) in [5, 5.41) is 4.33. The number of likely N-dealkylation sites (tertiary alicyclic amines) is 1. The Bertz CT molecular complexity index is 196. The predicted molar refractivity (Wildman–Crippen MR) is 70.1 cm³/mol. The molecule has 0 radical (unpaired) electrons. The van der Waals surface area contributed by atoms with Gasteiger partial charge >= 0.3 is 0 Å². The predicted octanol–water partition coefficient (Wildman–Crippen LogP) is 2.92. The van der Waals surface area contributed by atoms with E-state index in [1.54, 1.807) is 0 Å². The minimum Gasteiger partial charge on any atom is -0.363 e. The molecule has 1 fully saturated rings. The Hall–Kier alpha value is -0.310. The smallest absolute Gasteiger partial charge is 0.169 e. The van der Waals surface area contributed by atoms with Gasteiger partial charge in [-0.2, -0.15) is 0 Å². The first-order chi connectivity index (χ1) is 7.16. The van der Waals surface area contributed by atoms with E-state index < -0.39 is 0 Å². The molecule has 15 heavy (non-hydrogen) atoms. The van der Waals surface area contributed by atoms with Gasteiger partial charge in [0.15, 0.2) is 5.11 Å². The number of hydrogen-bond donors (Lipinski definition) is 1. The van der Waals surface area contributed by atoms with E-state index in [-0.39, 0.29) is 0 Å². The molecule has 2 atom stereocenters. The SMILES string of the molecule is CCCCNC(=S)N1[C@H](C)CCC[C@@H]1C. The molecule has 3 heteroatoms. The van der Waals surface area contributed by atoms with Crippen molar-refractivity contribution in [1.29, 1.82) is 0 Å². The largest absolute Gasteiger partial charge is 0.363 e. The van der Waals surface area contributed by atoms with Crippen molar-refractivity contribution in [2.75, 3.05) is 6.54 Å². The molecule has 0 unspecified atom stereocenters. The molecular weight excluding hydrogens is 204 g/mol. The van der Waals surface area contributed by atoms with E-state index in [4.69, 9.17) is 12.2 Å². The molecule has 1 N–H and O–H groups in total. The molecule has 0 saturated carbocycles. The first kappa shape index (κ1) is 12.8. The summed E-state index contributed by atoms with van der Waals surface area (Å²) >= 11 is 5.46. The molecule has 0 amide bonds. The lowest BCUT2D eigenvalue weighted by molar-refractivity contribution is 0.189. The van der Waals surface area contributed by atoms with Gasteiger partial charge in [-0.25, -0.2) is 0 Å². The molecule has 0 aromatic carbocycles. The molecule has 1 heterocycles. The molecule has 88 valence electrons. The molecule has 1 saturated heterocycles. The second-order valence-corrected chi connectivity index (χ2v) is 5.01. The van der Waals surface area contributed by atoms with Crippen LogP contribution in [0.3, 0.4) is 0 Å². The van der Waals surface area contributed by atoms with Crippen molar-refractivity contribution in [3.8, 4) is 0 Å². The Kier molecular flexibility index (Phi) is 5.37. The first-order valence-corrected chi connectivity index (χ1v) is 6.63. The second-order valence-electron chi connectivity index (χ2n) is 4.62. The van der Waals surface area contributed by atoms with E-state index in [1.807, 2.05) is 0 Å². The van der Waals surface area contributed by atoms with Crippen LogP contribution >= 0.6 is 12.2 Å². The van der Waals surface area contributed by atoms with Gasteiger partial charge in [-0.3, -0.25) is 0 Å². The molecule has 0 bridgehead atoms. The number of piperidine rings is 1. The average molecular weight is 228 g/mol. The van der Waals surface area contributed by atoms with E-state index in [0.717, 1.165) is 11.7 Å². The minimum absolute atomic E-state index is 0.607. The molecule has 0 spiro atoms. The van der Waals surface area contributed by atoms with E-state index in [1.165, 1.54) is 32.1 Å². The van der Waals surface area contributed by atoms with Crippen LogP contribution in [0.4, 0.5) is 0 Å². The number of rotatable bonds is 3. The normalized spacial score (nSPS) is 26.5. The van der Waals surface area contributed by atoms with Gasteiger partial charge in [0, 0.05) is 18.6 Å². The average Bonchev–Trinajstić information content (AvgIpc) is 2.18. The summed E-state index contributed by atoms with van der Waals surface area (Å²) in [6.45, 7) is 7.79. The van der Waals surface area contributed by atoms with Crippen molar-refractivity contribution in [3.63, 3.8) is 0 Å². The summed E-state index contributed by atoms with van der Waals surface area (Å²) in [6.07, 6.45) is 6.33. The van der Waals surface area contributed by atoms with Gasteiger partial charge in [0.05, 0.1) is 0 Å². The Morgan fingerprint density at radius 3 is 2.47 bits per heavy atom. The van der Waals surface area contributed by atoms with Gasteiger partial charge in [-0.15, -0.1) is 0 Å². The van der Waals surface area contributed by atoms with Gasteiger partial charge in [0.1, 0.15) is 0 Å². The lowest BCUT2D eigenvalue weighted by Gasteiger charge is -2.40. The van der Waals surface area contributed by atoms with E-state index in [0.29, 0.717) is 12.1 Å². The number of nitrogens with one attached hydrogen (secondary N) is 1. The van der Waals surface area contributed by atoms with Gasteiger partial charge in [0.25, 0.3) is 0 Å². The van der Waals surface area contributed by atoms with E-state index >= 15 is 0 Å². The van der Waals surface area contributed by atoms with Gasteiger partial charge in [0.2, 0.25) is 0 Å². The highest BCUT2D eigenvalue weighted by Gasteiger charge is 2.26. The highest BCUT2D eigenvalue weighted by atomic mass is 32.1. The number of hydrogen-bond acceptors (Lipinski definition) is 1. The molecule has 1 aliphatic heterocycles. The molecule has 1 rings (SSSR count). The van der Waals surface area contributed by atoms with Crippen LogP contribution < -0.4 is 5.32 Å². The summed E-state index contributed by atoms with van der Waals surface area (Å²) in [5.74, 6) is 0. The van der Waals surface area contributed by atoms with Crippen LogP contribution in [0.15, 0.2) is 0 Å². The monoisotopic (exact) mass is 228 g/mol. The summed E-state index contributed by atoms with van der Waals surface area (Å²) in [6, 6.07) is 1.21. The maximum absolute atomic E-state index is 5.46. The zero-order valence-electron chi connectivity index (χ0n) is 10.3. The van der Waals surface area contributed by atoms with Crippen molar-refractivity contribution < 1.29 is 0 Å². The highest BCUT2D eigenvalue weighted by Crippen LogP contribution is 2.22. The number of thiocarbonyl (C=S) groups is 1. The topological polar surface area (TPSA) is 15.3 Å². The second kappa shape index (κ2) is 6.31. The molecule has 1 aliphatic rings. The molecule has 2 nitrogen and oxygen atoms in total. The third kappa shape index (κ3) is 3.63. The first-order valence-electron chi connectivity index (χ1n) is 6.23. The van der Waals surface area contributed by atoms with Crippen LogP contribution in [0.2, 0.25) is 0 Å². The standard InChI is InChI=1S/C12H24N2S/c1-4-5-9-13-12(15)14-10(2)7-6-8-11(14)3/h10-11H,4-9H2,1-3H3,(H,13,15)/t10-,11+. The van der Waals surface area contributed by atoms with Gasteiger partial charge in [-0.05, 0) is 51.7 Å². The van der Waals surface area contributed by atoms with Crippen LogP contribution in [0, 0.1) is 0 Å². The summed E-state index contributed by atoms with van der Waals surface area (Å²) in [5.41, 5.74) is 0. The fourth-order valence-corrected chi connectivity index (χ4v) is 2.75. The van der Waals surface area contributed by atoms with Crippen molar-refractivity contribution in [1.82, 2.24) is 10.2 Å². The quantitative estimate of drug-likeness (QED) is 0.590. The lowest BCUT2D eigenvalue weighted by Crippen LogP contribution is -2.51. The summed E-state index contributed by atoms with van der Waals surface area (Å²) < 4.78 is 0. The van der Waals surface area contributed by atoms with Crippen LogP contribution in [-0.2, 0) is 0 Å². The van der Waals surface area contributed by atoms with Crippen LogP contribution in [0.25, 0.3) is 0 Å². The fraction of sp³-hybridized carbons (Fsp3) is 0.917. The van der Waals surface area contributed by atoms with Crippen LogP contribution in [0.5, 0.6) is 0 Å². The highest BCUT2D eigenvalue weighted by molar-refractivity contribution is 7.80. The van der Waals surface area contributed by atoms with Crippen LogP contribution in [-0.4, -0.2) is 28.6 Å². The Balaban J connectivity index is 2.41. The molecule has 0 aromatic heterocycles. The molecular formula is C12H24N2S. The molecule has 0 aliphatic carbocycles. The van der Waals surface area contributed by atoms with Crippen molar-refractivity contribution in [2.24, 2.45) is 0 Å². The minimum atomic E-state index is 0.607. The number of nitrogens with zero attached hydrogens (tertiary/aromatic N) is 1. The van der Waals surface area contributed by atoms with Crippen molar-refractivity contribution in [3.05, 3.63) is 0 Å². The maximum atomic E-state index is 5.46. The fourth-order valence-electron chi connectivity index (χ4n) is 2.28. The third-order valence-electron chi connectivity index (χ3n) is 3.23. The third-order valence-corrected chi connectivity index (χ3v) is 3.59.